The molecule has 21 heavy (non-hydrogen) atoms. The van der Waals surface area contributed by atoms with E-state index in [-0.39, 0.29) is 12.9 Å². The summed E-state index contributed by atoms with van der Waals surface area (Å²) in [6.07, 6.45) is 2.99. The molecule has 0 radical (unpaired) electrons. The predicted octanol–water partition coefficient (Wildman–Crippen LogP) is 2.48. The summed E-state index contributed by atoms with van der Waals surface area (Å²) in [5.74, 6) is -1.45. The van der Waals surface area contributed by atoms with Crippen LogP contribution in [0.15, 0.2) is 24.3 Å². The van der Waals surface area contributed by atoms with E-state index >= 15 is 0 Å². The highest BCUT2D eigenvalue weighted by Gasteiger charge is 2.17. The third kappa shape index (κ3) is 4.65. The van der Waals surface area contributed by atoms with Crippen molar-refractivity contribution in [1.82, 2.24) is 0 Å². The highest BCUT2D eigenvalue weighted by atomic mass is 16.7. The number of ether oxygens (including phenoxy) is 3. The van der Waals surface area contributed by atoms with Crippen LogP contribution in [0, 0.1) is 0 Å². The molecule has 0 bridgehead atoms. The third-order valence-corrected chi connectivity index (χ3v) is 3.25. The highest BCUT2D eigenvalue weighted by molar-refractivity contribution is 6.40. The summed E-state index contributed by atoms with van der Waals surface area (Å²) in [4.78, 5) is 23.1. The quantitative estimate of drug-likeness (QED) is 0.458. The molecule has 1 atom stereocenters. The number of benzene rings is 1. The summed E-state index contributed by atoms with van der Waals surface area (Å²) >= 11 is 0. The third-order valence-electron chi connectivity index (χ3n) is 3.25. The molecule has 1 saturated heterocycles. The minimum atomic E-state index is -0.822. The second-order valence-corrected chi connectivity index (χ2v) is 4.85. The van der Waals surface area contributed by atoms with Crippen LogP contribution in [0.4, 0.5) is 0 Å². The van der Waals surface area contributed by atoms with E-state index in [9.17, 15) is 9.59 Å². The first-order chi connectivity index (χ1) is 10.2. The van der Waals surface area contributed by atoms with Crippen LogP contribution >= 0.6 is 0 Å². The molecular formula is C16H20O5. The Balaban J connectivity index is 1.86. The smallest absolute Gasteiger partial charge is 0.379 e. The first-order valence-electron chi connectivity index (χ1n) is 7.24. The summed E-state index contributed by atoms with van der Waals surface area (Å²) in [7, 11) is 0. The van der Waals surface area contributed by atoms with Gasteiger partial charge in [0.25, 0.3) is 5.78 Å². The van der Waals surface area contributed by atoms with Gasteiger partial charge in [-0.15, -0.1) is 0 Å². The predicted molar refractivity (Wildman–Crippen MR) is 75.8 cm³/mol. The van der Waals surface area contributed by atoms with Crippen molar-refractivity contribution in [2.75, 3.05) is 13.2 Å². The number of hydrogen-bond acceptors (Lipinski definition) is 5. The summed E-state index contributed by atoms with van der Waals surface area (Å²) in [5.41, 5.74) is 1.26. The Labute approximate surface area is 124 Å². The zero-order valence-electron chi connectivity index (χ0n) is 12.2. The number of carbonyl (C=O) groups is 2. The van der Waals surface area contributed by atoms with Crippen LogP contribution in [0.1, 0.15) is 42.1 Å². The lowest BCUT2D eigenvalue weighted by Gasteiger charge is -2.22. The fourth-order valence-corrected chi connectivity index (χ4v) is 2.10. The van der Waals surface area contributed by atoms with Gasteiger partial charge < -0.3 is 14.2 Å². The molecule has 1 aromatic carbocycles. The van der Waals surface area contributed by atoms with E-state index in [1.807, 2.05) is 0 Å². The van der Waals surface area contributed by atoms with Gasteiger partial charge in [0, 0.05) is 12.2 Å². The van der Waals surface area contributed by atoms with E-state index in [0.29, 0.717) is 12.2 Å². The van der Waals surface area contributed by atoms with Crippen molar-refractivity contribution in [3.05, 3.63) is 35.4 Å². The van der Waals surface area contributed by atoms with E-state index in [0.717, 1.165) is 31.4 Å². The summed E-state index contributed by atoms with van der Waals surface area (Å²) in [6.45, 7) is 3.03. The Bertz CT molecular complexity index is 474. The summed E-state index contributed by atoms with van der Waals surface area (Å²) in [5, 5.41) is 0. The van der Waals surface area contributed by atoms with Crippen molar-refractivity contribution in [2.24, 2.45) is 0 Å². The van der Waals surface area contributed by atoms with Crippen LogP contribution in [0.3, 0.4) is 0 Å². The molecule has 0 N–H and O–H groups in total. The van der Waals surface area contributed by atoms with Gasteiger partial charge in [0.15, 0.2) is 6.29 Å². The second-order valence-electron chi connectivity index (χ2n) is 4.85. The van der Waals surface area contributed by atoms with Crippen LogP contribution in [-0.2, 0) is 25.6 Å². The van der Waals surface area contributed by atoms with E-state index < -0.39 is 11.8 Å². The van der Waals surface area contributed by atoms with Gasteiger partial charge in [0.05, 0.1) is 13.2 Å². The molecule has 1 fully saturated rings. The number of rotatable bonds is 6. The van der Waals surface area contributed by atoms with Gasteiger partial charge in [0.2, 0.25) is 0 Å². The van der Waals surface area contributed by atoms with Gasteiger partial charge in [-0.05, 0) is 31.7 Å². The van der Waals surface area contributed by atoms with Gasteiger partial charge in [0.1, 0.15) is 0 Å². The van der Waals surface area contributed by atoms with Gasteiger partial charge in [-0.3, -0.25) is 4.79 Å². The van der Waals surface area contributed by atoms with Crippen molar-refractivity contribution >= 4 is 11.8 Å². The first-order valence-corrected chi connectivity index (χ1v) is 7.24. The lowest BCUT2D eigenvalue weighted by Crippen LogP contribution is -2.22. The molecule has 1 aliphatic rings. The summed E-state index contributed by atoms with van der Waals surface area (Å²) in [6, 6.07) is 6.77. The van der Waals surface area contributed by atoms with E-state index in [2.05, 4.69) is 4.74 Å². The zero-order chi connectivity index (χ0) is 15.1. The Kier molecular flexibility index (Phi) is 5.90. The number of Topliss-reactive ketones (excluding diaryl/α,β-unsaturated/α-hetero) is 1. The average Bonchev–Trinajstić information content (AvgIpc) is 2.54. The molecule has 0 spiro atoms. The molecule has 1 aromatic rings. The molecule has 5 heteroatoms. The maximum absolute atomic E-state index is 11.7. The average molecular weight is 292 g/mol. The van der Waals surface area contributed by atoms with Crippen molar-refractivity contribution in [3.63, 3.8) is 0 Å². The molecule has 0 aromatic heterocycles. The van der Waals surface area contributed by atoms with Crippen LogP contribution in [0.25, 0.3) is 0 Å². The molecule has 5 nitrogen and oxygen atoms in total. The van der Waals surface area contributed by atoms with E-state index in [4.69, 9.17) is 9.47 Å². The summed E-state index contributed by atoms with van der Waals surface area (Å²) < 4.78 is 15.8. The molecule has 0 aliphatic carbocycles. The maximum Gasteiger partial charge on any atom is 0.379 e. The molecule has 1 aliphatic heterocycles. The fraction of sp³-hybridized carbons (Fsp3) is 0.500. The van der Waals surface area contributed by atoms with Crippen molar-refractivity contribution < 1.29 is 23.8 Å². The molecular weight excluding hydrogens is 272 g/mol. The molecule has 2 rings (SSSR count). The Morgan fingerprint density at radius 3 is 2.62 bits per heavy atom. The topological polar surface area (TPSA) is 61.8 Å². The van der Waals surface area contributed by atoms with Crippen LogP contribution in [0.5, 0.6) is 0 Å². The lowest BCUT2D eigenvalue weighted by atomic mass is 10.1. The standard InChI is InChI=1S/C16H20O5/c1-2-19-16(18)15(17)13-8-6-12(7-9-13)11-21-14-5-3-4-10-20-14/h6-9,14H,2-5,10-11H2,1H3. The van der Waals surface area contributed by atoms with E-state index in [1.54, 1.807) is 31.2 Å². The largest absolute Gasteiger partial charge is 0.460 e. The van der Waals surface area contributed by atoms with Gasteiger partial charge in [-0.1, -0.05) is 24.3 Å². The minimum Gasteiger partial charge on any atom is -0.460 e. The normalized spacial score (nSPS) is 18.2. The zero-order valence-corrected chi connectivity index (χ0v) is 12.2. The highest BCUT2D eigenvalue weighted by Crippen LogP contribution is 2.16. The Morgan fingerprint density at radius 2 is 2.00 bits per heavy atom. The molecule has 0 amide bonds. The van der Waals surface area contributed by atoms with Crippen molar-refractivity contribution in [1.29, 1.82) is 0 Å². The fourth-order valence-electron chi connectivity index (χ4n) is 2.10. The molecule has 0 saturated carbocycles. The minimum absolute atomic E-state index is 0.139. The van der Waals surface area contributed by atoms with Crippen molar-refractivity contribution in [3.8, 4) is 0 Å². The Morgan fingerprint density at radius 1 is 1.24 bits per heavy atom. The maximum atomic E-state index is 11.7. The Hall–Kier alpha value is -1.72. The monoisotopic (exact) mass is 292 g/mol. The van der Waals surface area contributed by atoms with Gasteiger partial charge in [-0.25, -0.2) is 4.79 Å². The molecule has 114 valence electrons. The van der Waals surface area contributed by atoms with E-state index in [1.165, 1.54) is 0 Å². The van der Waals surface area contributed by atoms with Gasteiger partial charge >= 0.3 is 5.97 Å². The van der Waals surface area contributed by atoms with Crippen LogP contribution in [-0.4, -0.2) is 31.3 Å². The lowest BCUT2D eigenvalue weighted by molar-refractivity contribution is -0.168. The number of hydrogen-bond donors (Lipinski definition) is 0. The molecule has 1 unspecified atom stereocenters. The number of carbonyl (C=O) groups excluding carboxylic acids is 2. The van der Waals surface area contributed by atoms with Crippen LogP contribution < -0.4 is 0 Å². The van der Waals surface area contributed by atoms with Crippen LogP contribution in [0.2, 0.25) is 0 Å². The second kappa shape index (κ2) is 7.90. The number of esters is 1. The van der Waals surface area contributed by atoms with Gasteiger partial charge in [-0.2, -0.15) is 0 Å². The van der Waals surface area contributed by atoms with Crippen molar-refractivity contribution in [2.45, 2.75) is 39.1 Å². The first kappa shape index (κ1) is 15.7. The number of ketones is 1. The SMILES string of the molecule is CCOC(=O)C(=O)c1ccc(COC2CCCCO2)cc1. The molecule has 1 heterocycles.